The van der Waals surface area contributed by atoms with Crippen LogP contribution in [0.2, 0.25) is 0 Å². The smallest absolute Gasteiger partial charge is 0.254 e. The number of fused-ring (bicyclic) bond motifs is 2. The average Bonchev–Trinajstić information content (AvgIpc) is 3.53. The molecule has 0 spiro atoms. The van der Waals surface area contributed by atoms with Gasteiger partial charge in [0.1, 0.15) is 22.5 Å². The first-order valence-electron chi connectivity index (χ1n) is 11.5. The Hall–Kier alpha value is -4.66. The van der Waals surface area contributed by atoms with Crippen molar-refractivity contribution in [3.05, 3.63) is 83.9 Å². The number of anilines is 2. The maximum Gasteiger partial charge on any atom is 0.254 e. The second-order valence-electron chi connectivity index (χ2n) is 9.05. The summed E-state index contributed by atoms with van der Waals surface area (Å²) < 4.78 is 11.4. The van der Waals surface area contributed by atoms with Crippen LogP contribution in [0.1, 0.15) is 28.1 Å². The Morgan fingerprint density at radius 2 is 2.00 bits per heavy atom. The number of nitrogens with one attached hydrogen (secondary N) is 2. The minimum absolute atomic E-state index is 0.0149. The number of pyridine rings is 1. The zero-order chi connectivity index (χ0) is 24.9. The van der Waals surface area contributed by atoms with E-state index in [1.54, 1.807) is 42.6 Å². The van der Waals surface area contributed by atoms with Gasteiger partial charge < -0.3 is 19.4 Å². The van der Waals surface area contributed by atoms with E-state index >= 15 is 0 Å². The molecule has 0 unspecified atom stereocenters. The summed E-state index contributed by atoms with van der Waals surface area (Å²) in [6, 6.07) is 16.4. The average molecular weight is 482 g/mol. The van der Waals surface area contributed by atoms with Gasteiger partial charge >= 0.3 is 0 Å². The van der Waals surface area contributed by atoms with Gasteiger partial charge in [-0.05, 0) is 54.1 Å². The predicted molar refractivity (Wildman–Crippen MR) is 131 cm³/mol. The van der Waals surface area contributed by atoms with Crippen molar-refractivity contribution in [2.75, 3.05) is 19.0 Å². The molecule has 0 bridgehead atoms. The molecule has 9 nitrogen and oxygen atoms in total. The summed E-state index contributed by atoms with van der Waals surface area (Å²) in [5, 5.41) is 6.46. The summed E-state index contributed by atoms with van der Waals surface area (Å²) in [7, 11) is 1.54. The normalized spacial score (nSPS) is 19.0. The molecule has 2 N–H and O–H groups in total. The van der Waals surface area contributed by atoms with Crippen molar-refractivity contribution in [1.82, 2.24) is 15.2 Å². The highest BCUT2D eigenvalue weighted by Crippen LogP contribution is 2.39. The number of imide groups is 1. The van der Waals surface area contributed by atoms with E-state index < -0.39 is 17.2 Å². The maximum absolute atomic E-state index is 13.2. The van der Waals surface area contributed by atoms with E-state index in [0.717, 1.165) is 22.3 Å². The number of carbonyl (C=O) groups is 3. The third-order valence-electron chi connectivity index (χ3n) is 6.74. The molecule has 4 heterocycles. The highest BCUT2D eigenvalue weighted by atomic mass is 16.5. The van der Waals surface area contributed by atoms with Gasteiger partial charge in [-0.25, -0.2) is 0 Å². The minimum Gasteiger partial charge on any atom is -0.497 e. The zero-order valence-electron chi connectivity index (χ0n) is 19.4. The molecule has 0 aliphatic carbocycles. The molecule has 0 radical (unpaired) electrons. The number of methoxy groups -OCH3 is 1. The van der Waals surface area contributed by atoms with E-state index in [1.807, 2.05) is 36.4 Å². The molecule has 4 aromatic rings. The lowest BCUT2D eigenvalue weighted by Crippen LogP contribution is -2.46. The quantitative estimate of drug-likeness (QED) is 0.404. The van der Waals surface area contributed by atoms with Gasteiger partial charge in [0.2, 0.25) is 11.8 Å². The minimum atomic E-state index is -1.32. The Morgan fingerprint density at radius 1 is 1.11 bits per heavy atom. The van der Waals surface area contributed by atoms with Crippen molar-refractivity contribution in [3.8, 4) is 5.75 Å². The zero-order valence-corrected chi connectivity index (χ0v) is 19.4. The van der Waals surface area contributed by atoms with Crippen molar-refractivity contribution in [3.63, 3.8) is 0 Å². The number of hydrogen-bond acceptors (Lipinski definition) is 7. The van der Waals surface area contributed by atoms with Crippen molar-refractivity contribution in [2.24, 2.45) is 0 Å². The number of ether oxygens (including phenoxy) is 1. The largest absolute Gasteiger partial charge is 0.497 e. The van der Waals surface area contributed by atoms with Gasteiger partial charge in [-0.2, -0.15) is 0 Å². The van der Waals surface area contributed by atoms with Gasteiger partial charge in [-0.1, -0.05) is 6.07 Å². The topological polar surface area (TPSA) is 114 Å². The first kappa shape index (κ1) is 21.8. The number of aromatic nitrogens is 1. The van der Waals surface area contributed by atoms with Gasteiger partial charge in [0.05, 0.1) is 25.4 Å². The highest BCUT2D eigenvalue weighted by Gasteiger charge is 2.53. The molecular weight excluding hydrogens is 460 g/mol. The number of carbonyl (C=O) groups excluding carboxylic acids is 3. The fourth-order valence-corrected chi connectivity index (χ4v) is 4.93. The summed E-state index contributed by atoms with van der Waals surface area (Å²) in [6.45, 7) is 0.349. The summed E-state index contributed by atoms with van der Waals surface area (Å²) in [5.74, 6) is -0.151. The standard InChI is InChI=1S/C27H22N4O5/c1-35-20-6-4-16-14-31(25(33)21(16)11-20)15-27(12-24(32)30-26(27)34)23-10-17-9-18(5-7-22(17)36-23)29-19-3-2-8-28-13-19/h2-11,13,29H,12,14-15H2,1H3,(H,30,32,34)/t27-/m1/s1. The Morgan fingerprint density at radius 3 is 2.75 bits per heavy atom. The molecule has 180 valence electrons. The predicted octanol–water partition coefficient (Wildman–Crippen LogP) is 3.52. The molecule has 36 heavy (non-hydrogen) atoms. The first-order valence-corrected chi connectivity index (χ1v) is 11.5. The molecule has 2 aromatic carbocycles. The molecule has 1 fully saturated rings. The molecule has 1 saturated heterocycles. The van der Waals surface area contributed by atoms with Gasteiger partial charge in [0, 0.05) is 35.9 Å². The summed E-state index contributed by atoms with van der Waals surface area (Å²) in [4.78, 5) is 44.5. The van der Waals surface area contributed by atoms with Crippen LogP contribution in [-0.2, 0) is 21.5 Å². The first-order chi connectivity index (χ1) is 17.4. The van der Waals surface area contributed by atoms with Gasteiger partial charge in [0.15, 0.2) is 0 Å². The SMILES string of the molecule is COc1ccc2c(c1)C(=O)N(C[C@@]1(c3cc4cc(Nc5cccnc5)ccc4o3)CC(=O)NC1=O)C2. The third-order valence-corrected chi connectivity index (χ3v) is 6.74. The van der Waals surface area contributed by atoms with E-state index in [4.69, 9.17) is 9.15 Å². The Kier molecular flexibility index (Phi) is 4.99. The lowest BCUT2D eigenvalue weighted by Gasteiger charge is -2.28. The van der Waals surface area contributed by atoms with Crippen LogP contribution in [0.5, 0.6) is 5.75 Å². The number of amides is 3. The molecule has 1 atom stereocenters. The number of nitrogens with zero attached hydrogens (tertiary/aromatic N) is 2. The molecule has 2 aliphatic heterocycles. The van der Waals surface area contributed by atoms with Crippen LogP contribution >= 0.6 is 0 Å². The lowest BCUT2D eigenvalue weighted by atomic mass is 9.82. The highest BCUT2D eigenvalue weighted by molar-refractivity contribution is 6.10. The monoisotopic (exact) mass is 482 g/mol. The number of rotatable bonds is 6. The van der Waals surface area contributed by atoms with Crippen LogP contribution in [0.4, 0.5) is 11.4 Å². The molecule has 9 heteroatoms. The van der Waals surface area contributed by atoms with E-state index in [-0.39, 0.29) is 18.9 Å². The second kappa shape index (κ2) is 8.23. The third kappa shape index (κ3) is 3.56. The van der Waals surface area contributed by atoms with Crippen molar-refractivity contribution < 1.29 is 23.5 Å². The van der Waals surface area contributed by atoms with E-state index in [2.05, 4.69) is 15.6 Å². The fourth-order valence-electron chi connectivity index (χ4n) is 4.93. The van der Waals surface area contributed by atoms with E-state index in [9.17, 15) is 14.4 Å². The van der Waals surface area contributed by atoms with Crippen LogP contribution < -0.4 is 15.4 Å². The summed E-state index contributed by atoms with van der Waals surface area (Å²) in [5.41, 5.74) is 2.29. The lowest BCUT2D eigenvalue weighted by molar-refractivity contribution is -0.127. The molecule has 0 saturated carbocycles. The van der Waals surface area contributed by atoms with Crippen LogP contribution in [0.15, 0.2) is 71.4 Å². The molecule has 3 amide bonds. The molecule has 2 aromatic heterocycles. The van der Waals surface area contributed by atoms with Crippen LogP contribution in [0.25, 0.3) is 11.0 Å². The maximum atomic E-state index is 13.2. The number of furan rings is 1. The van der Waals surface area contributed by atoms with E-state index in [1.165, 1.54) is 0 Å². The Balaban J connectivity index is 1.34. The van der Waals surface area contributed by atoms with Crippen molar-refractivity contribution >= 4 is 40.1 Å². The number of benzene rings is 2. The van der Waals surface area contributed by atoms with E-state index in [0.29, 0.717) is 29.2 Å². The van der Waals surface area contributed by atoms with Crippen molar-refractivity contribution in [2.45, 2.75) is 18.4 Å². The summed E-state index contributed by atoms with van der Waals surface area (Å²) in [6.07, 6.45) is 3.31. The van der Waals surface area contributed by atoms with Gasteiger partial charge in [-0.3, -0.25) is 24.7 Å². The molecular formula is C27H22N4O5. The van der Waals surface area contributed by atoms with Gasteiger partial charge in [-0.15, -0.1) is 0 Å². The fraction of sp³-hybridized carbons (Fsp3) is 0.185. The van der Waals surface area contributed by atoms with Crippen LogP contribution in [-0.4, -0.2) is 41.3 Å². The molecule has 2 aliphatic rings. The second-order valence-corrected chi connectivity index (χ2v) is 9.05. The number of hydrogen-bond donors (Lipinski definition) is 2. The van der Waals surface area contributed by atoms with Crippen LogP contribution in [0, 0.1) is 0 Å². The van der Waals surface area contributed by atoms with Crippen LogP contribution in [0.3, 0.4) is 0 Å². The summed E-state index contributed by atoms with van der Waals surface area (Å²) >= 11 is 0. The van der Waals surface area contributed by atoms with Crippen molar-refractivity contribution in [1.29, 1.82) is 0 Å². The Bertz CT molecular complexity index is 1530. The molecule has 6 rings (SSSR count). The van der Waals surface area contributed by atoms with Gasteiger partial charge in [0.25, 0.3) is 5.91 Å². The Labute approximate surface area is 206 Å².